The number of carbonyl (C=O) groups is 1. The first-order valence-corrected chi connectivity index (χ1v) is 3.92. The molecule has 1 aromatic heterocycles. The number of aliphatic carboxylic acids is 1. The van der Waals surface area contributed by atoms with Gasteiger partial charge in [0.15, 0.2) is 6.10 Å². The van der Waals surface area contributed by atoms with E-state index in [0.717, 1.165) is 0 Å². The van der Waals surface area contributed by atoms with Crippen molar-refractivity contribution in [3.05, 3.63) is 28.5 Å². The third-order valence-electron chi connectivity index (χ3n) is 1.33. The molecule has 4 nitrogen and oxygen atoms in total. The summed E-state index contributed by atoms with van der Waals surface area (Å²) in [7, 11) is 0. The molecular weight excluding hydrogens is 226 g/mol. The number of aliphatic hydroxyl groups is 1. The Hall–Kier alpha value is -0.940. The maximum Gasteiger partial charge on any atom is 0.337 e. The average molecular weight is 232 g/mol. The Morgan fingerprint density at radius 3 is 2.83 bits per heavy atom. The topological polar surface area (TPSA) is 70.4 Å². The molecule has 0 fully saturated rings. The first-order chi connectivity index (χ1) is 5.63. The normalized spacial score (nSPS) is 12.5. The lowest BCUT2D eigenvalue weighted by Gasteiger charge is -2.06. The van der Waals surface area contributed by atoms with Crippen LogP contribution in [0.15, 0.2) is 22.9 Å². The van der Waals surface area contributed by atoms with E-state index in [9.17, 15) is 4.79 Å². The number of halogens is 1. The van der Waals surface area contributed by atoms with E-state index in [1.165, 1.54) is 18.5 Å². The number of carboxylic acid groups (broad SMARTS) is 1. The fourth-order valence-corrected chi connectivity index (χ4v) is 1.21. The highest BCUT2D eigenvalue weighted by atomic mass is 79.9. The Bertz CT molecular complexity index is 302. The zero-order valence-electron chi connectivity index (χ0n) is 5.94. The van der Waals surface area contributed by atoms with Crippen LogP contribution < -0.4 is 0 Å². The van der Waals surface area contributed by atoms with Crippen LogP contribution in [0, 0.1) is 0 Å². The zero-order chi connectivity index (χ0) is 9.14. The Morgan fingerprint density at radius 2 is 2.33 bits per heavy atom. The van der Waals surface area contributed by atoms with Gasteiger partial charge >= 0.3 is 5.97 Å². The van der Waals surface area contributed by atoms with Gasteiger partial charge in [-0.2, -0.15) is 0 Å². The van der Waals surface area contributed by atoms with E-state index in [2.05, 4.69) is 20.9 Å². The highest BCUT2D eigenvalue weighted by molar-refractivity contribution is 9.10. The van der Waals surface area contributed by atoms with Crippen LogP contribution in [-0.2, 0) is 4.79 Å². The van der Waals surface area contributed by atoms with Crippen LogP contribution in [-0.4, -0.2) is 21.2 Å². The number of pyridine rings is 1. The molecule has 0 saturated heterocycles. The Kier molecular flexibility index (Phi) is 2.78. The van der Waals surface area contributed by atoms with E-state index in [4.69, 9.17) is 10.2 Å². The molecule has 0 aliphatic carbocycles. The molecule has 12 heavy (non-hydrogen) atoms. The van der Waals surface area contributed by atoms with E-state index in [0.29, 0.717) is 10.0 Å². The molecule has 64 valence electrons. The van der Waals surface area contributed by atoms with Gasteiger partial charge in [0.05, 0.1) is 0 Å². The summed E-state index contributed by atoms with van der Waals surface area (Å²) in [4.78, 5) is 14.1. The molecule has 5 heteroatoms. The van der Waals surface area contributed by atoms with Crippen molar-refractivity contribution in [3.8, 4) is 0 Å². The first kappa shape index (κ1) is 9.15. The molecular formula is C7H6BrNO3. The van der Waals surface area contributed by atoms with Gasteiger partial charge < -0.3 is 10.2 Å². The molecule has 1 heterocycles. The summed E-state index contributed by atoms with van der Waals surface area (Å²) in [5, 5.41) is 17.6. The lowest BCUT2D eigenvalue weighted by molar-refractivity contribution is -0.147. The summed E-state index contributed by atoms with van der Waals surface area (Å²) < 4.78 is 0.486. The van der Waals surface area contributed by atoms with E-state index < -0.39 is 12.1 Å². The standard InChI is InChI=1S/C7H6BrNO3/c8-5-3-9-2-1-4(5)6(10)7(11)12/h1-3,6,10H,(H,11,12). The highest BCUT2D eigenvalue weighted by Crippen LogP contribution is 2.21. The van der Waals surface area contributed by atoms with Gasteiger partial charge in [-0.05, 0) is 22.0 Å². The van der Waals surface area contributed by atoms with Crippen LogP contribution in [0.2, 0.25) is 0 Å². The quantitative estimate of drug-likeness (QED) is 0.796. The fourth-order valence-electron chi connectivity index (χ4n) is 0.741. The lowest BCUT2D eigenvalue weighted by atomic mass is 10.1. The van der Waals surface area contributed by atoms with Gasteiger partial charge in [-0.15, -0.1) is 0 Å². The lowest BCUT2D eigenvalue weighted by Crippen LogP contribution is -2.10. The molecule has 0 radical (unpaired) electrons. The summed E-state index contributed by atoms with van der Waals surface area (Å²) in [5.41, 5.74) is 0.303. The van der Waals surface area contributed by atoms with Crippen LogP contribution in [0.1, 0.15) is 11.7 Å². The van der Waals surface area contributed by atoms with Gasteiger partial charge in [0.25, 0.3) is 0 Å². The van der Waals surface area contributed by atoms with Crippen molar-refractivity contribution in [3.63, 3.8) is 0 Å². The van der Waals surface area contributed by atoms with Crippen LogP contribution in [0.4, 0.5) is 0 Å². The maximum atomic E-state index is 10.4. The van der Waals surface area contributed by atoms with Crippen molar-refractivity contribution in [2.24, 2.45) is 0 Å². The molecule has 0 aromatic carbocycles. The fraction of sp³-hybridized carbons (Fsp3) is 0.143. The van der Waals surface area contributed by atoms with E-state index in [1.807, 2.05) is 0 Å². The molecule has 1 aromatic rings. The predicted octanol–water partition coefficient (Wildman–Crippen LogP) is 0.962. The zero-order valence-corrected chi connectivity index (χ0v) is 7.52. The van der Waals surface area contributed by atoms with E-state index in [1.54, 1.807) is 0 Å². The Morgan fingerprint density at radius 1 is 1.67 bits per heavy atom. The van der Waals surface area contributed by atoms with Crippen molar-refractivity contribution >= 4 is 21.9 Å². The second-order valence-corrected chi connectivity index (χ2v) is 2.99. The summed E-state index contributed by atoms with van der Waals surface area (Å²) in [6.45, 7) is 0. The van der Waals surface area contributed by atoms with Gasteiger partial charge in [-0.3, -0.25) is 4.98 Å². The smallest absolute Gasteiger partial charge is 0.337 e. The van der Waals surface area contributed by atoms with Crippen molar-refractivity contribution in [1.29, 1.82) is 0 Å². The molecule has 0 bridgehead atoms. The maximum absolute atomic E-state index is 10.4. The van der Waals surface area contributed by atoms with Crippen LogP contribution in [0.25, 0.3) is 0 Å². The first-order valence-electron chi connectivity index (χ1n) is 3.13. The summed E-state index contributed by atoms with van der Waals surface area (Å²) in [5.74, 6) is -1.28. The number of hydrogen-bond acceptors (Lipinski definition) is 3. The van der Waals surface area contributed by atoms with Gasteiger partial charge in [0.2, 0.25) is 0 Å². The number of nitrogens with zero attached hydrogens (tertiary/aromatic N) is 1. The number of rotatable bonds is 2. The molecule has 0 saturated carbocycles. The highest BCUT2D eigenvalue weighted by Gasteiger charge is 2.17. The molecule has 0 amide bonds. The van der Waals surface area contributed by atoms with Crippen molar-refractivity contribution in [2.75, 3.05) is 0 Å². The summed E-state index contributed by atoms with van der Waals surface area (Å²) in [6, 6.07) is 1.45. The third kappa shape index (κ3) is 1.80. The largest absolute Gasteiger partial charge is 0.479 e. The van der Waals surface area contributed by atoms with Gasteiger partial charge in [0, 0.05) is 22.4 Å². The molecule has 2 N–H and O–H groups in total. The van der Waals surface area contributed by atoms with Crippen LogP contribution in [0.3, 0.4) is 0 Å². The number of aromatic nitrogens is 1. The van der Waals surface area contributed by atoms with Crippen LogP contribution >= 0.6 is 15.9 Å². The van der Waals surface area contributed by atoms with E-state index in [-0.39, 0.29) is 0 Å². The molecule has 0 spiro atoms. The Labute approximate surface area is 77.0 Å². The second kappa shape index (κ2) is 3.64. The number of carboxylic acids is 1. The van der Waals surface area contributed by atoms with Gasteiger partial charge in [-0.25, -0.2) is 4.79 Å². The minimum Gasteiger partial charge on any atom is -0.479 e. The summed E-state index contributed by atoms with van der Waals surface area (Å²) in [6.07, 6.45) is 1.36. The molecule has 1 unspecified atom stereocenters. The molecule has 1 rings (SSSR count). The van der Waals surface area contributed by atoms with Crippen molar-refractivity contribution in [2.45, 2.75) is 6.10 Å². The minimum atomic E-state index is -1.50. The Balaban J connectivity index is 3.02. The third-order valence-corrected chi connectivity index (χ3v) is 1.99. The average Bonchev–Trinajstić information content (AvgIpc) is 2.04. The minimum absolute atomic E-state index is 0.303. The van der Waals surface area contributed by atoms with Crippen LogP contribution in [0.5, 0.6) is 0 Å². The van der Waals surface area contributed by atoms with Gasteiger partial charge in [-0.1, -0.05) is 0 Å². The molecule has 0 aliphatic heterocycles. The monoisotopic (exact) mass is 231 g/mol. The number of aliphatic hydroxyl groups excluding tert-OH is 1. The number of hydrogen-bond donors (Lipinski definition) is 2. The second-order valence-electron chi connectivity index (χ2n) is 2.14. The van der Waals surface area contributed by atoms with Crippen molar-refractivity contribution in [1.82, 2.24) is 4.98 Å². The van der Waals surface area contributed by atoms with Crippen molar-refractivity contribution < 1.29 is 15.0 Å². The molecule has 0 aliphatic rings. The SMILES string of the molecule is O=C(O)C(O)c1ccncc1Br. The summed E-state index contributed by atoms with van der Waals surface area (Å²) >= 11 is 3.08. The van der Waals surface area contributed by atoms with Gasteiger partial charge in [0.1, 0.15) is 0 Å². The predicted molar refractivity (Wildman–Crippen MR) is 44.5 cm³/mol. The molecule has 1 atom stereocenters. The van der Waals surface area contributed by atoms with E-state index >= 15 is 0 Å².